The largest absolute Gasteiger partial charge is 0.326 e. The smallest absolute Gasteiger partial charge is 0.207 e. The molecule has 0 atom stereocenters. The van der Waals surface area contributed by atoms with Crippen molar-refractivity contribution in [2.75, 3.05) is 5.32 Å². The molecule has 1 saturated carbocycles. The fraction of sp³-hybridized carbons (Fsp3) is 0.438. The summed E-state index contributed by atoms with van der Waals surface area (Å²) in [7, 11) is 0. The van der Waals surface area contributed by atoms with Crippen molar-refractivity contribution in [1.29, 1.82) is 0 Å². The van der Waals surface area contributed by atoms with E-state index in [1.54, 1.807) is 0 Å². The second kappa shape index (κ2) is 5.08. The average Bonchev–Trinajstić information content (AvgIpc) is 3.01. The number of aromatic nitrogens is 2. The number of nitrogens with one attached hydrogen (secondary N) is 1. The normalized spacial score (nSPS) is 15.9. The topological polar surface area (TPSA) is 29.9 Å². The SMILES string of the molecule is Cc1ccc(Nc2nc(C)cn2C2CCCC2)cc1. The van der Waals surface area contributed by atoms with Gasteiger partial charge in [0.1, 0.15) is 0 Å². The highest BCUT2D eigenvalue weighted by Crippen LogP contribution is 2.32. The molecule has 1 aromatic carbocycles. The molecule has 2 aromatic rings. The molecule has 3 rings (SSSR count). The van der Waals surface area contributed by atoms with Gasteiger partial charge in [-0.05, 0) is 38.8 Å². The van der Waals surface area contributed by atoms with Crippen LogP contribution in [-0.4, -0.2) is 9.55 Å². The van der Waals surface area contributed by atoms with E-state index >= 15 is 0 Å². The van der Waals surface area contributed by atoms with Crippen LogP contribution in [0.15, 0.2) is 30.5 Å². The Labute approximate surface area is 114 Å². The molecule has 0 bridgehead atoms. The van der Waals surface area contributed by atoms with Crippen LogP contribution >= 0.6 is 0 Å². The van der Waals surface area contributed by atoms with Gasteiger partial charge in [-0.25, -0.2) is 4.98 Å². The van der Waals surface area contributed by atoms with Crippen molar-refractivity contribution in [2.24, 2.45) is 0 Å². The maximum atomic E-state index is 4.62. The minimum atomic E-state index is 0.620. The van der Waals surface area contributed by atoms with Gasteiger partial charge in [-0.15, -0.1) is 0 Å². The van der Waals surface area contributed by atoms with Crippen LogP contribution in [0, 0.1) is 13.8 Å². The van der Waals surface area contributed by atoms with Crippen LogP contribution in [0.25, 0.3) is 0 Å². The average molecular weight is 255 g/mol. The van der Waals surface area contributed by atoms with Crippen LogP contribution in [0.3, 0.4) is 0 Å². The number of benzene rings is 1. The molecule has 1 aliphatic carbocycles. The number of anilines is 2. The first-order chi connectivity index (χ1) is 9.22. The van der Waals surface area contributed by atoms with E-state index in [9.17, 15) is 0 Å². The molecule has 1 fully saturated rings. The van der Waals surface area contributed by atoms with Gasteiger partial charge in [-0.3, -0.25) is 0 Å². The summed E-state index contributed by atoms with van der Waals surface area (Å²) in [6.45, 7) is 4.17. The quantitative estimate of drug-likeness (QED) is 0.883. The Balaban J connectivity index is 1.85. The van der Waals surface area contributed by atoms with Crippen molar-refractivity contribution < 1.29 is 0 Å². The van der Waals surface area contributed by atoms with Crippen LogP contribution in [0.4, 0.5) is 11.6 Å². The van der Waals surface area contributed by atoms with Gasteiger partial charge in [0.2, 0.25) is 5.95 Å². The lowest BCUT2D eigenvalue weighted by Crippen LogP contribution is -2.07. The van der Waals surface area contributed by atoms with Crippen LogP contribution in [0.5, 0.6) is 0 Å². The van der Waals surface area contributed by atoms with Crippen molar-refractivity contribution in [2.45, 2.75) is 45.6 Å². The van der Waals surface area contributed by atoms with E-state index in [0.29, 0.717) is 6.04 Å². The first kappa shape index (κ1) is 12.3. The number of hydrogen-bond acceptors (Lipinski definition) is 2. The fourth-order valence-corrected chi connectivity index (χ4v) is 2.84. The molecule has 0 saturated heterocycles. The molecule has 100 valence electrons. The summed E-state index contributed by atoms with van der Waals surface area (Å²) in [4.78, 5) is 4.62. The maximum Gasteiger partial charge on any atom is 0.207 e. The Bertz CT molecular complexity index is 548. The maximum absolute atomic E-state index is 4.62. The van der Waals surface area contributed by atoms with Gasteiger partial charge in [0, 0.05) is 17.9 Å². The molecule has 0 aliphatic heterocycles. The molecule has 0 spiro atoms. The second-order valence-electron chi connectivity index (χ2n) is 5.54. The lowest BCUT2D eigenvalue weighted by molar-refractivity contribution is 0.524. The van der Waals surface area contributed by atoms with Gasteiger partial charge >= 0.3 is 0 Å². The standard InChI is InChI=1S/C16H21N3/c1-12-7-9-14(10-8-12)18-16-17-13(2)11-19(16)15-5-3-4-6-15/h7-11,15H,3-6H2,1-2H3,(H,17,18). The Hall–Kier alpha value is -1.77. The molecule has 1 aromatic heterocycles. The lowest BCUT2D eigenvalue weighted by atomic mass is 10.2. The first-order valence-corrected chi connectivity index (χ1v) is 7.11. The number of hydrogen-bond donors (Lipinski definition) is 1. The Morgan fingerprint density at radius 2 is 1.79 bits per heavy atom. The van der Waals surface area contributed by atoms with Crippen LogP contribution in [0.2, 0.25) is 0 Å². The summed E-state index contributed by atoms with van der Waals surface area (Å²) in [6.07, 6.45) is 7.40. The van der Waals surface area contributed by atoms with Gasteiger partial charge in [-0.1, -0.05) is 30.5 Å². The van der Waals surface area contributed by atoms with E-state index in [1.165, 1.54) is 31.2 Å². The number of aryl methyl sites for hydroxylation is 2. The Morgan fingerprint density at radius 1 is 1.11 bits per heavy atom. The van der Waals surface area contributed by atoms with Crippen molar-refractivity contribution in [3.63, 3.8) is 0 Å². The van der Waals surface area contributed by atoms with Crippen molar-refractivity contribution in [1.82, 2.24) is 9.55 Å². The van der Waals surface area contributed by atoms with E-state index < -0.39 is 0 Å². The fourth-order valence-electron chi connectivity index (χ4n) is 2.84. The summed E-state index contributed by atoms with van der Waals surface area (Å²) in [5.74, 6) is 0.980. The molecule has 0 amide bonds. The van der Waals surface area contributed by atoms with E-state index in [-0.39, 0.29) is 0 Å². The van der Waals surface area contributed by atoms with Crippen LogP contribution < -0.4 is 5.32 Å². The zero-order valence-electron chi connectivity index (χ0n) is 11.7. The van der Waals surface area contributed by atoms with Crippen LogP contribution in [0.1, 0.15) is 43.0 Å². The molecule has 3 heteroatoms. The van der Waals surface area contributed by atoms with Crippen molar-refractivity contribution in [3.05, 3.63) is 41.7 Å². The lowest BCUT2D eigenvalue weighted by Gasteiger charge is -2.15. The van der Waals surface area contributed by atoms with Gasteiger partial charge in [0.25, 0.3) is 0 Å². The summed E-state index contributed by atoms with van der Waals surface area (Å²) in [5, 5.41) is 3.45. The highest BCUT2D eigenvalue weighted by atomic mass is 15.2. The van der Waals surface area contributed by atoms with Crippen molar-refractivity contribution >= 4 is 11.6 Å². The highest BCUT2D eigenvalue weighted by molar-refractivity contribution is 5.54. The monoisotopic (exact) mass is 255 g/mol. The summed E-state index contributed by atoms with van der Waals surface area (Å²) in [5.41, 5.74) is 3.47. The number of nitrogens with zero attached hydrogens (tertiary/aromatic N) is 2. The van der Waals surface area contributed by atoms with Gasteiger partial charge in [-0.2, -0.15) is 0 Å². The summed E-state index contributed by atoms with van der Waals surface area (Å²) < 4.78 is 2.32. The predicted octanol–water partition coefficient (Wildman–Crippen LogP) is 4.36. The Morgan fingerprint density at radius 3 is 2.47 bits per heavy atom. The molecule has 0 radical (unpaired) electrons. The van der Waals surface area contributed by atoms with Gasteiger partial charge < -0.3 is 9.88 Å². The predicted molar refractivity (Wildman–Crippen MR) is 78.9 cm³/mol. The van der Waals surface area contributed by atoms with Gasteiger partial charge in [0.15, 0.2) is 0 Å². The zero-order valence-corrected chi connectivity index (χ0v) is 11.7. The summed E-state index contributed by atoms with van der Waals surface area (Å²) >= 11 is 0. The molecular weight excluding hydrogens is 234 g/mol. The highest BCUT2D eigenvalue weighted by Gasteiger charge is 2.20. The van der Waals surface area contributed by atoms with E-state index in [4.69, 9.17) is 0 Å². The number of imidazole rings is 1. The first-order valence-electron chi connectivity index (χ1n) is 7.11. The van der Waals surface area contributed by atoms with E-state index in [0.717, 1.165) is 17.3 Å². The minimum absolute atomic E-state index is 0.620. The molecular formula is C16H21N3. The molecule has 19 heavy (non-hydrogen) atoms. The molecule has 0 unspecified atom stereocenters. The third-order valence-electron chi connectivity index (χ3n) is 3.88. The van der Waals surface area contributed by atoms with Crippen LogP contribution in [-0.2, 0) is 0 Å². The molecule has 1 N–H and O–H groups in total. The Kier molecular flexibility index (Phi) is 3.28. The third kappa shape index (κ3) is 2.65. The zero-order chi connectivity index (χ0) is 13.2. The molecule has 1 aliphatic rings. The third-order valence-corrected chi connectivity index (χ3v) is 3.88. The molecule has 1 heterocycles. The van der Waals surface area contributed by atoms with E-state index in [1.807, 2.05) is 0 Å². The summed E-state index contributed by atoms with van der Waals surface area (Å²) in [6, 6.07) is 9.08. The van der Waals surface area contributed by atoms with Gasteiger partial charge in [0.05, 0.1) is 5.69 Å². The second-order valence-corrected chi connectivity index (χ2v) is 5.54. The molecule has 3 nitrogen and oxygen atoms in total. The minimum Gasteiger partial charge on any atom is -0.326 e. The number of rotatable bonds is 3. The van der Waals surface area contributed by atoms with Crippen molar-refractivity contribution in [3.8, 4) is 0 Å². The van der Waals surface area contributed by atoms with E-state index in [2.05, 4.69) is 59.2 Å².